The zero-order chi connectivity index (χ0) is 12.6. The summed E-state index contributed by atoms with van der Waals surface area (Å²) < 4.78 is 0. The van der Waals surface area contributed by atoms with Crippen LogP contribution in [0.3, 0.4) is 0 Å². The summed E-state index contributed by atoms with van der Waals surface area (Å²) in [5, 5.41) is 13.2. The van der Waals surface area contributed by atoms with E-state index in [9.17, 15) is 9.90 Å². The van der Waals surface area contributed by atoms with Gasteiger partial charge < -0.3 is 21.1 Å². The van der Waals surface area contributed by atoms with Gasteiger partial charge in [0.05, 0.1) is 11.7 Å². The molecule has 5 nitrogen and oxygen atoms in total. The summed E-state index contributed by atoms with van der Waals surface area (Å²) in [6.45, 7) is 1.69. The van der Waals surface area contributed by atoms with Crippen LogP contribution in [0.4, 0.5) is 5.82 Å². The molecule has 0 bridgehead atoms. The Kier molecular flexibility index (Phi) is 2.77. The molecule has 0 saturated carbocycles. The highest BCUT2D eigenvalue weighted by Crippen LogP contribution is 2.28. The number of benzene rings is 1. The molecule has 0 aliphatic carbocycles. The van der Waals surface area contributed by atoms with Crippen molar-refractivity contribution in [2.45, 2.75) is 13.0 Å². The number of nitrogens with two attached hydrogens (primary N) is 1. The highest BCUT2D eigenvalue weighted by Gasteiger charge is 2.16. The zero-order valence-corrected chi connectivity index (χ0v) is 9.74. The monoisotopic (exact) mass is 233 g/mol. The first-order valence-electron chi connectivity index (χ1n) is 5.36. The zero-order valence-electron chi connectivity index (χ0n) is 9.74. The average Bonchev–Trinajstić information content (AvgIpc) is 2.65. The van der Waals surface area contributed by atoms with E-state index in [0.717, 1.165) is 16.5 Å². The van der Waals surface area contributed by atoms with Gasteiger partial charge >= 0.3 is 0 Å². The van der Waals surface area contributed by atoms with E-state index in [4.69, 9.17) is 5.73 Å². The quantitative estimate of drug-likeness (QED) is 0.645. The number of nitrogens with one attached hydrogen (secondary N) is 2. The Hall–Kier alpha value is -2.01. The highest BCUT2D eigenvalue weighted by atomic mass is 16.3. The van der Waals surface area contributed by atoms with Crippen molar-refractivity contribution in [3.63, 3.8) is 0 Å². The van der Waals surface area contributed by atoms with Gasteiger partial charge in [0.15, 0.2) is 0 Å². The van der Waals surface area contributed by atoms with E-state index < -0.39 is 12.0 Å². The van der Waals surface area contributed by atoms with Crippen LogP contribution in [0.2, 0.25) is 0 Å². The van der Waals surface area contributed by atoms with Gasteiger partial charge in [0.2, 0.25) is 0 Å². The molecule has 1 aromatic heterocycles. The second-order valence-corrected chi connectivity index (χ2v) is 3.97. The molecule has 0 fully saturated rings. The van der Waals surface area contributed by atoms with Gasteiger partial charge in [-0.05, 0) is 18.6 Å². The first kappa shape index (κ1) is 11.5. The number of amides is 1. The number of fused-ring (bicyclic) bond motifs is 1. The van der Waals surface area contributed by atoms with E-state index in [-0.39, 0.29) is 0 Å². The van der Waals surface area contributed by atoms with Crippen LogP contribution in [0, 0.1) is 0 Å². The molecular weight excluding hydrogens is 218 g/mol. The fraction of sp³-hybridized carbons (Fsp3) is 0.250. The topological polar surface area (TPSA) is 91.1 Å². The number of primary amides is 1. The van der Waals surface area contributed by atoms with Crippen LogP contribution in [0.25, 0.3) is 10.9 Å². The molecule has 90 valence electrons. The van der Waals surface area contributed by atoms with Gasteiger partial charge in [-0.15, -0.1) is 0 Å². The summed E-state index contributed by atoms with van der Waals surface area (Å²) in [6, 6.07) is 5.38. The number of hydrogen-bond acceptors (Lipinski definition) is 3. The van der Waals surface area contributed by atoms with Crippen LogP contribution in [-0.2, 0) is 0 Å². The van der Waals surface area contributed by atoms with Crippen LogP contribution in [-0.4, -0.2) is 23.0 Å². The number of carbonyl (C=O) groups is 1. The predicted octanol–water partition coefficient (Wildman–Crippen LogP) is 1.36. The van der Waals surface area contributed by atoms with Crippen LogP contribution >= 0.6 is 0 Å². The molecular formula is C12H15N3O2. The van der Waals surface area contributed by atoms with Crippen LogP contribution in [0.1, 0.15) is 28.9 Å². The van der Waals surface area contributed by atoms with Crippen LogP contribution in [0.5, 0.6) is 0 Å². The molecule has 5 heteroatoms. The molecule has 2 aromatic rings. The summed E-state index contributed by atoms with van der Waals surface area (Å²) >= 11 is 0. The number of aromatic nitrogens is 1. The van der Waals surface area contributed by atoms with Gasteiger partial charge in [-0.25, -0.2) is 0 Å². The Morgan fingerprint density at radius 3 is 2.76 bits per heavy atom. The molecule has 1 amide bonds. The van der Waals surface area contributed by atoms with Crippen molar-refractivity contribution in [3.8, 4) is 0 Å². The second-order valence-electron chi connectivity index (χ2n) is 3.97. The third-order valence-corrected chi connectivity index (χ3v) is 2.80. The highest BCUT2D eigenvalue weighted by molar-refractivity contribution is 6.11. The molecule has 0 spiro atoms. The second kappa shape index (κ2) is 4.10. The molecule has 17 heavy (non-hydrogen) atoms. The molecule has 5 N–H and O–H groups in total. The lowest BCUT2D eigenvalue weighted by Crippen LogP contribution is -2.12. The molecule has 1 aromatic carbocycles. The van der Waals surface area contributed by atoms with E-state index >= 15 is 0 Å². The fourth-order valence-electron chi connectivity index (χ4n) is 1.92. The minimum Gasteiger partial charge on any atom is -0.389 e. The number of aliphatic hydroxyl groups excluding tert-OH is 1. The minimum absolute atomic E-state index is 0.444. The number of hydrogen-bond donors (Lipinski definition) is 4. The Labute approximate surface area is 98.6 Å². The Morgan fingerprint density at radius 2 is 2.24 bits per heavy atom. The maximum absolute atomic E-state index is 11.4. The summed E-state index contributed by atoms with van der Waals surface area (Å²) in [4.78, 5) is 14.5. The Bertz CT molecular complexity index is 572. The van der Waals surface area contributed by atoms with Crippen molar-refractivity contribution in [1.29, 1.82) is 0 Å². The van der Waals surface area contributed by atoms with Gasteiger partial charge in [0.1, 0.15) is 5.82 Å². The lowest BCUT2D eigenvalue weighted by atomic mass is 10.1. The van der Waals surface area contributed by atoms with E-state index in [1.807, 2.05) is 6.07 Å². The van der Waals surface area contributed by atoms with E-state index in [1.165, 1.54) is 0 Å². The largest absolute Gasteiger partial charge is 0.389 e. The molecule has 1 unspecified atom stereocenters. The fourth-order valence-corrected chi connectivity index (χ4v) is 1.92. The lowest BCUT2D eigenvalue weighted by Gasteiger charge is -2.03. The number of aliphatic hydroxyl groups is 1. The summed E-state index contributed by atoms with van der Waals surface area (Å²) in [7, 11) is 1.72. The Morgan fingerprint density at radius 1 is 1.53 bits per heavy atom. The first-order chi connectivity index (χ1) is 8.04. The van der Waals surface area contributed by atoms with Gasteiger partial charge in [-0.1, -0.05) is 12.1 Å². The maximum Gasteiger partial charge on any atom is 0.253 e. The standard InChI is InChI=1S/C12H15N3O2/c1-6(16)7-3-4-8-9(5-7)15-12(14-2)10(8)11(13)17/h3-6,14-16H,1-2H3,(H2,13,17). The molecule has 0 saturated heterocycles. The van der Waals surface area contributed by atoms with Crippen molar-refractivity contribution in [3.05, 3.63) is 29.3 Å². The molecule has 0 aliphatic heterocycles. The van der Waals surface area contributed by atoms with E-state index in [2.05, 4.69) is 10.3 Å². The van der Waals surface area contributed by atoms with Crippen molar-refractivity contribution in [1.82, 2.24) is 4.98 Å². The molecule has 1 heterocycles. The number of carbonyl (C=O) groups excluding carboxylic acids is 1. The molecule has 0 radical (unpaired) electrons. The number of H-pyrrole nitrogens is 1. The summed E-state index contributed by atoms with van der Waals surface area (Å²) in [5.41, 5.74) is 7.36. The van der Waals surface area contributed by atoms with Crippen LogP contribution < -0.4 is 11.1 Å². The van der Waals surface area contributed by atoms with Crippen molar-refractivity contribution in [2.24, 2.45) is 5.73 Å². The van der Waals surface area contributed by atoms with Gasteiger partial charge in [-0.3, -0.25) is 4.79 Å². The van der Waals surface area contributed by atoms with Crippen molar-refractivity contribution >= 4 is 22.6 Å². The van der Waals surface area contributed by atoms with Gasteiger partial charge in [0, 0.05) is 18.0 Å². The average molecular weight is 233 g/mol. The maximum atomic E-state index is 11.4. The van der Waals surface area contributed by atoms with Crippen molar-refractivity contribution in [2.75, 3.05) is 12.4 Å². The SMILES string of the molecule is CNc1[nH]c2cc(C(C)O)ccc2c1C(N)=O. The van der Waals surface area contributed by atoms with E-state index in [1.54, 1.807) is 26.1 Å². The minimum atomic E-state index is -0.544. The summed E-state index contributed by atoms with van der Waals surface area (Å²) in [6.07, 6.45) is -0.544. The number of anilines is 1. The number of rotatable bonds is 3. The summed E-state index contributed by atoms with van der Waals surface area (Å²) in [5.74, 6) is 0.112. The third kappa shape index (κ3) is 1.85. The molecule has 2 rings (SSSR count). The lowest BCUT2D eigenvalue weighted by molar-refractivity contribution is 0.100. The molecule has 1 atom stereocenters. The number of aromatic amines is 1. The smallest absolute Gasteiger partial charge is 0.253 e. The predicted molar refractivity (Wildman–Crippen MR) is 67.0 cm³/mol. The normalized spacial score (nSPS) is 12.6. The van der Waals surface area contributed by atoms with Crippen LogP contribution in [0.15, 0.2) is 18.2 Å². The third-order valence-electron chi connectivity index (χ3n) is 2.80. The molecule has 0 aliphatic rings. The Balaban J connectivity index is 2.70. The van der Waals surface area contributed by atoms with Crippen molar-refractivity contribution < 1.29 is 9.90 Å². The first-order valence-corrected chi connectivity index (χ1v) is 5.36. The van der Waals surface area contributed by atoms with Gasteiger partial charge in [0.25, 0.3) is 5.91 Å². The van der Waals surface area contributed by atoms with E-state index in [0.29, 0.717) is 11.4 Å². The van der Waals surface area contributed by atoms with Gasteiger partial charge in [-0.2, -0.15) is 0 Å².